The van der Waals surface area contributed by atoms with E-state index in [9.17, 15) is 4.79 Å². The van der Waals surface area contributed by atoms with Crippen molar-refractivity contribution >= 4 is 28.5 Å². The summed E-state index contributed by atoms with van der Waals surface area (Å²) in [6, 6.07) is 18.0. The van der Waals surface area contributed by atoms with Crippen LogP contribution in [0.25, 0.3) is 16.7 Å². The molecule has 152 valence electrons. The Morgan fingerprint density at radius 3 is 2.50 bits per heavy atom. The van der Waals surface area contributed by atoms with E-state index in [1.54, 1.807) is 6.92 Å². The van der Waals surface area contributed by atoms with Crippen molar-refractivity contribution in [2.45, 2.75) is 27.7 Å². The first-order valence-electron chi connectivity index (χ1n) is 9.95. The summed E-state index contributed by atoms with van der Waals surface area (Å²) in [7, 11) is 0. The van der Waals surface area contributed by atoms with Crippen LogP contribution in [0.5, 0.6) is 0 Å². The van der Waals surface area contributed by atoms with Crippen molar-refractivity contribution in [1.82, 2.24) is 14.5 Å². The molecule has 0 amide bonds. The second-order valence-corrected chi connectivity index (χ2v) is 7.19. The monoisotopic (exact) mass is 400 g/mol. The number of nitrogens with zero attached hydrogens (tertiary/aromatic N) is 3. The van der Waals surface area contributed by atoms with Crippen molar-refractivity contribution < 1.29 is 9.53 Å². The van der Waals surface area contributed by atoms with Crippen LogP contribution in [0, 0.1) is 20.8 Å². The molecule has 2 aromatic carbocycles. The SMILES string of the molecule is CCOC(=O)c1nc(Nc2cccc(C)c2)c2c(C)c(C)n(-c3ccccc3)c2n1. The van der Waals surface area contributed by atoms with Crippen molar-refractivity contribution in [2.24, 2.45) is 0 Å². The van der Waals surface area contributed by atoms with Crippen LogP contribution in [-0.4, -0.2) is 27.1 Å². The fourth-order valence-corrected chi connectivity index (χ4v) is 3.59. The molecular weight excluding hydrogens is 376 g/mol. The van der Waals surface area contributed by atoms with E-state index in [1.807, 2.05) is 75.4 Å². The van der Waals surface area contributed by atoms with Crippen LogP contribution >= 0.6 is 0 Å². The van der Waals surface area contributed by atoms with Gasteiger partial charge in [0.1, 0.15) is 5.82 Å². The molecule has 6 nitrogen and oxygen atoms in total. The molecule has 1 N–H and O–H groups in total. The average molecular weight is 400 g/mol. The highest BCUT2D eigenvalue weighted by Crippen LogP contribution is 2.33. The number of rotatable bonds is 5. The molecule has 0 aliphatic heterocycles. The van der Waals surface area contributed by atoms with E-state index in [4.69, 9.17) is 4.74 Å². The minimum absolute atomic E-state index is 0.0363. The predicted molar refractivity (Wildman–Crippen MR) is 119 cm³/mol. The van der Waals surface area contributed by atoms with Crippen molar-refractivity contribution in [3.05, 3.63) is 77.2 Å². The van der Waals surface area contributed by atoms with Gasteiger partial charge in [0.05, 0.1) is 12.0 Å². The Hall–Kier alpha value is -3.67. The summed E-state index contributed by atoms with van der Waals surface area (Å²) >= 11 is 0. The third kappa shape index (κ3) is 3.52. The number of anilines is 2. The summed E-state index contributed by atoms with van der Waals surface area (Å²) in [4.78, 5) is 21.7. The molecule has 0 saturated heterocycles. The summed E-state index contributed by atoms with van der Waals surface area (Å²) < 4.78 is 7.23. The van der Waals surface area contributed by atoms with Crippen LogP contribution in [-0.2, 0) is 4.74 Å². The number of hydrogen-bond acceptors (Lipinski definition) is 5. The molecule has 0 saturated carbocycles. The zero-order valence-electron chi connectivity index (χ0n) is 17.6. The largest absolute Gasteiger partial charge is 0.460 e. The van der Waals surface area contributed by atoms with E-state index in [2.05, 4.69) is 19.9 Å². The van der Waals surface area contributed by atoms with E-state index in [1.165, 1.54) is 0 Å². The number of aryl methyl sites for hydroxylation is 2. The highest BCUT2D eigenvalue weighted by Gasteiger charge is 2.22. The first kappa shape index (κ1) is 19.6. The van der Waals surface area contributed by atoms with Crippen LogP contribution in [0.2, 0.25) is 0 Å². The molecule has 0 aliphatic carbocycles. The standard InChI is InChI=1S/C24H24N4O2/c1-5-30-24(29)22-26-21(25-18-11-9-10-15(2)14-18)20-16(3)17(4)28(23(20)27-22)19-12-7-6-8-13-19/h6-14H,5H2,1-4H3,(H,25,26,27). The molecular formula is C24H24N4O2. The first-order chi connectivity index (χ1) is 14.5. The lowest BCUT2D eigenvalue weighted by atomic mass is 10.2. The van der Waals surface area contributed by atoms with Crippen molar-refractivity contribution in [3.63, 3.8) is 0 Å². The molecule has 0 bridgehead atoms. The molecule has 30 heavy (non-hydrogen) atoms. The molecule has 6 heteroatoms. The van der Waals surface area contributed by atoms with Crippen LogP contribution in [0.3, 0.4) is 0 Å². The molecule has 0 spiro atoms. The van der Waals surface area contributed by atoms with E-state index < -0.39 is 5.97 Å². The Kier molecular flexibility index (Phi) is 5.23. The quantitative estimate of drug-likeness (QED) is 0.463. The van der Waals surface area contributed by atoms with Gasteiger partial charge >= 0.3 is 5.97 Å². The van der Waals surface area contributed by atoms with Gasteiger partial charge in [0, 0.05) is 17.1 Å². The van der Waals surface area contributed by atoms with Crippen LogP contribution in [0.4, 0.5) is 11.5 Å². The zero-order chi connectivity index (χ0) is 21.3. The smallest absolute Gasteiger partial charge is 0.376 e. The molecule has 4 rings (SSSR count). The molecule has 0 unspecified atom stereocenters. The van der Waals surface area contributed by atoms with Gasteiger partial charge in [-0.05, 0) is 63.1 Å². The predicted octanol–water partition coefficient (Wildman–Crippen LogP) is 5.27. The number of benzene rings is 2. The number of carbonyl (C=O) groups is 1. The Balaban J connectivity index is 1.98. The first-order valence-corrected chi connectivity index (χ1v) is 9.95. The molecule has 2 heterocycles. The van der Waals surface area contributed by atoms with Gasteiger partial charge in [-0.15, -0.1) is 0 Å². The van der Waals surface area contributed by atoms with Gasteiger partial charge in [-0.2, -0.15) is 0 Å². The number of nitrogens with one attached hydrogen (secondary N) is 1. The maximum Gasteiger partial charge on any atom is 0.376 e. The van der Waals surface area contributed by atoms with Gasteiger partial charge < -0.3 is 10.1 Å². The number of esters is 1. The number of para-hydroxylation sites is 1. The van der Waals surface area contributed by atoms with Crippen molar-refractivity contribution in [1.29, 1.82) is 0 Å². The van der Waals surface area contributed by atoms with Gasteiger partial charge in [0.25, 0.3) is 0 Å². The molecule has 2 aromatic heterocycles. The Bertz CT molecular complexity index is 1230. The zero-order valence-corrected chi connectivity index (χ0v) is 17.6. The lowest BCUT2D eigenvalue weighted by Crippen LogP contribution is -2.12. The second-order valence-electron chi connectivity index (χ2n) is 7.19. The summed E-state index contributed by atoms with van der Waals surface area (Å²) in [5.41, 5.74) is 5.77. The second kappa shape index (κ2) is 7.99. The Morgan fingerprint density at radius 1 is 1.03 bits per heavy atom. The molecule has 0 radical (unpaired) electrons. The molecule has 0 atom stereocenters. The average Bonchev–Trinajstić information content (AvgIpc) is 2.99. The number of fused-ring (bicyclic) bond motifs is 1. The Morgan fingerprint density at radius 2 is 1.80 bits per heavy atom. The van der Waals surface area contributed by atoms with E-state index >= 15 is 0 Å². The maximum absolute atomic E-state index is 12.5. The highest BCUT2D eigenvalue weighted by atomic mass is 16.5. The minimum Gasteiger partial charge on any atom is -0.460 e. The fourth-order valence-electron chi connectivity index (χ4n) is 3.59. The lowest BCUT2D eigenvalue weighted by molar-refractivity contribution is 0.0512. The normalized spacial score (nSPS) is 10.9. The Labute approximate surface area is 175 Å². The number of ether oxygens (including phenoxy) is 1. The van der Waals surface area contributed by atoms with Crippen molar-refractivity contribution in [2.75, 3.05) is 11.9 Å². The highest BCUT2D eigenvalue weighted by molar-refractivity contribution is 5.97. The fraction of sp³-hybridized carbons (Fsp3) is 0.208. The maximum atomic E-state index is 12.5. The number of carbonyl (C=O) groups excluding carboxylic acids is 1. The van der Waals surface area contributed by atoms with Gasteiger partial charge in [-0.3, -0.25) is 4.57 Å². The van der Waals surface area contributed by atoms with Gasteiger partial charge in [0.15, 0.2) is 5.65 Å². The van der Waals surface area contributed by atoms with Gasteiger partial charge in [0.2, 0.25) is 5.82 Å². The van der Waals surface area contributed by atoms with E-state index in [0.717, 1.165) is 33.6 Å². The lowest BCUT2D eigenvalue weighted by Gasteiger charge is -2.11. The summed E-state index contributed by atoms with van der Waals surface area (Å²) in [5.74, 6) is 0.0842. The molecule has 0 fully saturated rings. The third-order valence-corrected chi connectivity index (χ3v) is 5.11. The van der Waals surface area contributed by atoms with Crippen molar-refractivity contribution in [3.8, 4) is 5.69 Å². The molecule has 0 aliphatic rings. The summed E-state index contributed by atoms with van der Waals surface area (Å²) in [5, 5.41) is 4.27. The van der Waals surface area contributed by atoms with Gasteiger partial charge in [-0.25, -0.2) is 14.8 Å². The van der Waals surface area contributed by atoms with E-state index in [0.29, 0.717) is 11.5 Å². The molecule has 4 aromatic rings. The van der Waals surface area contributed by atoms with Crippen LogP contribution in [0.15, 0.2) is 54.6 Å². The van der Waals surface area contributed by atoms with Crippen LogP contribution < -0.4 is 5.32 Å². The summed E-state index contributed by atoms with van der Waals surface area (Å²) in [6.07, 6.45) is 0. The third-order valence-electron chi connectivity index (χ3n) is 5.11. The number of aromatic nitrogens is 3. The van der Waals surface area contributed by atoms with E-state index in [-0.39, 0.29) is 12.4 Å². The topological polar surface area (TPSA) is 69.0 Å². The number of hydrogen-bond donors (Lipinski definition) is 1. The summed E-state index contributed by atoms with van der Waals surface area (Å²) in [6.45, 7) is 8.16. The van der Waals surface area contributed by atoms with Crippen LogP contribution in [0.1, 0.15) is 34.4 Å². The minimum atomic E-state index is -0.539. The van der Waals surface area contributed by atoms with Gasteiger partial charge in [-0.1, -0.05) is 30.3 Å².